The molecule has 1 aliphatic rings. The van der Waals surface area contributed by atoms with Gasteiger partial charge in [0.25, 0.3) is 0 Å². The van der Waals surface area contributed by atoms with Crippen molar-refractivity contribution < 1.29 is 22.7 Å². The standard InChI is InChI=1S/C16H21F3N2O2/c1-11-10-13(7-8-20-11)15(22)21-9-6-12-4-2-3-5-14(12)23-16(17,18)19/h2-5,11,13,20H,6-10H2,1H3,(H,21,22)/t11-,13-/m0/s1. The topological polar surface area (TPSA) is 50.4 Å². The summed E-state index contributed by atoms with van der Waals surface area (Å²) in [5, 5.41) is 6.08. The van der Waals surface area contributed by atoms with E-state index in [0.717, 1.165) is 19.4 Å². The van der Waals surface area contributed by atoms with E-state index in [1.54, 1.807) is 12.1 Å². The molecule has 2 atom stereocenters. The maximum Gasteiger partial charge on any atom is 0.573 e. The molecule has 1 fully saturated rings. The van der Waals surface area contributed by atoms with Gasteiger partial charge in [-0.2, -0.15) is 0 Å². The van der Waals surface area contributed by atoms with Crippen molar-refractivity contribution in [2.24, 2.45) is 5.92 Å². The van der Waals surface area contributed by atoms with Crippen LogP contribution in [0.3, 0.4) is 0 Å². The Balaban J connectivity index is 1.85. The van der Waals surface area contributed by atoms with E-state index in [9.17, 15) is 18.0 Å². The molecule has 2 N–H and O–H groups in total. The van der Waals surface area contributed by atoms with Crippen LogP contribution in [0.15, 0.2) is 24.3 Å². The lowest BCUT2D eigenvalue weighted by Gasteiger charge is -2.27. The summed E-state index contributed by atoms with van der Waals surface area (Å²) in [5.74, 6) is -0.287. The van der Waals surface area contributed by atoms with Gasteiger partial charge in [-0.25, -0.2) is 0 Å². The van der Waals surface area contributed by atoms with Gasteiger partial charge >= 0.3 is 6.36 Å². The molecule has 7 heteroatoms. The first kappa shape index (κ1) is 17.6. The van der Waals surface area contributed by atoms with E-state index < -0.39 is 6.36 Å². The molecule has 23 heavy (non-hydrogen) atoms. The smallest absolute Gasteiger partial charge is 0.406 e. The highest BCUT2D eigenvalue weighted by atomic mass is 19.4. The highest BCUT2D eigenvalue weighted by Crippen LogP contribution is 2.26. The van der Waals surface area contributed by atoms with Gasteiger partial charge < -0.3 is 15.4 Å². The number of amides is 1. The van der Waals surface area contributed by atoms with Gasteiger partial charge in [0.15, 0.2) is 0 Å². The second-order valence-corrected chi connectivity index (χ2v) is 5.77. The van der Waals surface area contributed by atoms with Crippen LogP contribution in [0.4, 0.5) is 13.2 Å². The Labute approximate surface area is 133 Å². The lowest BCUT2D eigenvalue weighted by atomic mass is 9.92. The Hall–Kier alpha value is -1.76. The van der Waals surface area contributed by atoms with Crippen molar-refractivity contribution in [3.05, 3.63) is 29.8 Å². The minimum absolute atomic E-state index is 0.0343. The number of para-hydroxylation sites is 1. The highest BCUT2D eigenvalue weighted by molar-refractivity contribution is 5.78. The Morgan fingerprint density at radius 3 is 2.83 bits per heavy atom. The average Bonchev–Trinajstić information content (AvgIpc) is 2.47. The monoisotopic (exact) mass is 330 g/mol. The lowest BCUT2D eigenvalue weighted by Crippen LogP contribution is -2.42. The van der Waals surface area contributed by atoms with Crippen LogP contribution in [0, 0.1) is 5.92 Å². The minimum atomic E-state index is -4.72. The van der Waals surface area contributed by atoms with E-state index in [0.29, 0.717) is 18.0 Å². The number of nitrogens with one attached hydrogen (secondary N) is 2. The molecule has 0 saturated carbocycles. The molecule has 0 aliphatic carbocycles. The summed E-state index contributed by atoms with van der Waals surface area (Å²) >= 11 is 0. The first-order valence-corrected chi connectivity index (χ1v) is 7.70. The molecule has 4 nitrogen and oxygen atoms in total. The second-order valence-electron chi connectivity index (χ2n) is 5.77. The van der Waals surface area contributed by atoms with Gasteiger partial charge in [0, 0.05) is 18.5 Å². The van der Waals surface area contributed by atoms with Crippen LogP contribution in [0.1, 0.15) is 25.3 Å². The number of halogens is 3. The van der Waals surface area contributed by atoms with E-state index in [2.05, 4.69) is 15.4 Å². The fourth-order valence-electron chi connectivity index (χ4n) is 2.77. The van der Waals surface area contributed by atoms with Crippen LogP contribution in [-0.4, -0.2) is 31.4 Å². The number of hydrogen-bond acceptors (Lipinski definition) is 3. The minimum Gasteiger partial charge on any atom is -0.406 e. The molecule has 0 aromatic heterocycles. The van der Waals surface area contributed by atoms with Crippen molar-refractivity contribution >= 4 is 5.91 Å². The zero-order valence-electron chi connectivity index (χ0n) is 13.0. The van der Waals surface area contributed by atoms with Crippen molar-refractivity contribution in [3.63, 3.8) is 0 Å². The molecular weight excluding hydrogens is 309 g/mol. The maximum absolute atomic E-state index is 12.4. The van der Waals surface area contributed by atoms with Crippen molar-refractivity contribution in [3.8, 4) is 5.75 Å². The van der Waals surface area contributed by atoms with Crippen LogP contribution in [0.25, 0.3) is 0 Å². The number of benzene rings is 1. The van der Waals surface area contributed by atoms with Crippen LogP contribution in [0.5, 0.6) is 5.75 Å². The molecule has 0 bridgehead atoms. The Morgan fingerprint density at radius 2 is 2.13 bits per heavy atom. The second kappa shape index (κ2) is 7.68. The average molecular weight is 330 g/mol. The Bertz CT molecular complexity index is 534. The van der Waals surface area contributed by atoms with Crippen LogP contribution in [-0.2, 0) is 11.2 Å². The molecule has 1 aromatic rings. The molecular formula is C16H21F3N2O2. The first-order chi connectivity index (χ1) is 10.8. The zero-order valence-corrected chi connectivity index (χ0v) is 13.0. The van der Waals surface area contributed by atoms with Gasteiger partial charge in [-0.1, -0.05) is 18.2 Å². The summed E-state index contributed by atoms with van der Waals surface area (Å²) < 4.78 is 41.1. The van der Waals surface area contributed by atoms with E-state index in [4.69, 9.17) is 0 Å². The molecule has 1 heterocycles. The Kier molecular flexibility index (Phi) is 5.87. The largest absolute Gasteiger partial charge is 0.573 e. The predicted molar refractivity (Wildman–Crippen MR) is 80.0 cm³/mol. The molecule has 1 saturated heterocycles. The van der Waals surface area contributed by atoms with Crippen LogP contribution >= 0.6 is 0 Å². The highest BCUT2D eigenvalue weighted by Gasteiger charge is 2.32. The van der Waals surface area contributed by atoms with Crippen molar-refractivity contribution in [2.75, 3.05) is 13.1 Å². The fraction of sp³-hybridized carbons (Fsp3) is 0.562. The summed E-state index contributed by atoms with van der Waals surface area (Å²) in [6.45, 7) is 3.13. The van der Waals surface area contributed by atoms with Crippen LogP contribution < -0.4 is 15.4 Å². The van der Waals surface area contributed by atoms with Gasteiger partial charge in [0.2, 0.25) is 5.91 Å². The van der Waals surface area contributed by atoms with E-state index >= 15 is 0 Å². The molecule has 1 aliphatic heterocycles. The zero-order chi connectivity index (χ0) is 16.9. The summed E-state index contributed by atoms with van der Waals surface area (Å²) in [6, 6.07) is 6.29. The summed E-state index contributed by atoms with van der Waals surface area (Å²) in [4.78, 5) is 12.1. The molecule has 128 valence electrons. The van der Waals surface area contributed by atoms with Crippen LogP contribution in [0.2, 0.25) is 0 Å². The van der Waals surface area contributed by atoms with Gasteiger partial charge in [-0.3, -0.25) is 4.79 Å². The van der Waals surface area contributed by atoms with Crippen molar-refractivity contribution in [1.29, 1.82) is 0 Å². The number of alkyl halides is 3. The van der Waals surface area contributed by atoms with Crippen molar-refractivity contribution in [1.82, 2.24) is 10.6 Å². The normalized spacial score (nSPS) is 21.7. The van der Waals surface area contributed by atoms with Gasteiger partial charge in [-0.15, -0.1) is 13.2 Å². The third kappa shape index (κ3) is 5.74. The van der Waals surface area contributed by atoms with Crippen molar-refractivity contribution in [2.45, 2.75) is 38.6 Å². The van der Waals surface area contributed by atoms with Gasteiger partial charge in [0.1, 0.15) is 5.75 Å². The molecule has 1 aromatic carbocycles. The number of ether oxygens (including phenoxy) is 1. The summed E-state index contributed by atoms with van der Waals surface area (Å²) in [7, 11) is 0. The molecule has 0 unspecified atom stereocenters. The summed E-state index contributed by atoms with van der Waals surface area (Å²) in [6.07, 6.45) is -2.87. The maximum atomic E-state index is 12.4. The van der Waals surface area contributed by atoms with E-state index in [1.807, 2.05) is 6.92 Å². The SMILES string of the molecule is C[C@H]1C[C@@H](C(=O)NCCc2ccccc2OC(F)(F)F)CCN1. The Morgan fingerprint density at radius 1 is 1.39 bits per heavy atom. The number of rotatable bonds is 5. The third-order valence-corrected chi connectivity index (χ3v) is 3.89. The van der Waals surface area contributed by atoms with E-state index in [1.165, 1.54) is 12.1 Å². The van der Waals surface area contributed by atoms with Gasteiger partial charge in [0.05, 0.1) is 0 Å². The molecule has 2 rings (SSSR count). The fourth-order valence-corrected chi connectivity index (χ4v) is 2.77. The molecule has 0 spiro atoms. The number of carbonyl (C=O) groups excluding carboxylic acids is 1. The summed E-state index contributed by atoms with van der Waals surface area (Å²) in [5.41, 5.74) is 0.420. The van der Waals surface area contributed by atoms with Gasteiger partial charge in [-0.05, 0) is 44.4 Å². The first-order valence-electron chi connectivity index (χ1n) is 7.70. The number of carbonyl (C=O) groups is 1. The van der Waals surface area contributed by atoms with E-state index in [-0.39, 0.29) is 24.1 Å². The molecule has 1 amide bonds. The predicted octanol–water partition coefficient (Wildman–Crippen LogP) is 2.63. The number of piperidine rings is 1. The third-order valence-electron chi connectivity index (χ3n) is 3.89. The molecule has 0 radical (unpaired) electrons. The lowest BCUT2D eigenvalue weighted by molar-refractivity contribution is -0.274. The quantitative estimate of drug-likeness (QED) is 0.873. The number of hydrogen-bond donors (Lipinski definition) is 2.